The lowest BCUT2D eigenvalue weighted by Crippen LogP contribution is -2.06. The van der Waals surface area contributed by atoms with Crippen molar-refractivity contribution >= 4 is 11.0 Å². The quantitative estimate of drug-likeness (QED) is 0.856. The third kappa shape index (κ3) is 1.76. The summed E-state index contributed by atoms with van der Waals surface area (Å²) < 4.78 is 7.75. The molecule has 2 aromatic heterocycles. The van der Waals surface area contributed by atoms with Gasteiger partial charge in [0.2, 0.25) is 0 Å². The number of pyridine rings is 1. The molecule has 4 heteroatoms. The molecule has 0 amide bonds. The number of aromatic nitrogens is 2. The Morgan fingerprint density at radius 1 is 1.50 bits per heavy atom. The topological polar surface area (TPSA) is 53.1 Å². The second-order valence-electron chi connectivity index (χ2n) is 4.14. The lowest BCUT2D eigenvalue weighted by Gasteiger charge is -2.11. The van der Waals surface area contributed by atoms with Crippen LogP contribution in [0.4, 0.5) is 0 Å². The Morgan fingerprint density at radius 2 is 2.25 bits per heavy atom. The smallest absolute Gasteiger partial charge is 0.143 e. The lowest BCUT2D eigenvalue weighted by atomic mass is 10.2. The summed E-state index contributed by atoms with van der Waals surface area (Å²) in [6, 6.07) is 1.89. The van der Waals surface area contributed by atoms with E-state index in [2.05, 4.69) is 4.98 Å². The maximum atomic E-state index is 5.77. The van der Waals surface area contributed by atoms with Crippen molar-refractivity contribution in [3.05, 3.63) is 24.0 Å². The standard InChI is InChI=1S/C12H17N3O/c1-8(2)16-10-4-5-14-12-11(10)9(6-13)7-15(12)3/h4-5,7-8H,6,13H2,1-3H3. The fourth-order valence-electron chi connectivity index (χ4n) is 1.87. The van der Waals surface area contributed by atoms with Crippen LogP contribution in [0.5, 0.6) is 5.75 Å². The summed E-state index contributed by atoms with van der Waals surface area (Å²) in [6.45, 7) is 4.52. The van der Waals surface area contributed by atoms with E-state index in [1.54, 1.807) is 6.20 Å². The van der Waals surface area contributed by atoms with E-state index < -0.39 is 0 Å². The normalized spacial score (nSPS) is 11.3. The van der Waals surface area contributed by atoms with E-state index in [0.29, 0.717) is 6.54 Å². The first-order valence-electron chi connectivity index (χ1n) is 5.43. The zero-order valence-electron chi connectivity index (χ0n) is 9.90. The molecule has 0 aliphatic rings. The second kappa shape index (κ2) is 4.14. The molecule has 86 valence electrons. The molecule has 2 heterocycles. The first-order valence-corrected chi connectivity index (χ1v) is 5.43. The molecule has 2 rings (SSSR count). The molecule has 0 aliphatic heterocycles. The molecule has 0 fully saturated rings. The van der Waals surface area contributed by atoms with E-state index in [1.165, 1.54) is 0 Å². The van der Waals surface area contributed by atoms with Gasteiger partial charge in [0.05, 0.1) is 11.5 Å². The van der Waals surface area contributed by atoms with Gasteiger partial charge in [-0.25, -0.2) is 4.98 Å². The number of hydrogen-bond acceptors (Lipinski definition) is 3. The van der Waals surface area contributed by atoms with Crippen molar-refractivity contribution in [2.75, 3.05) is 0 Å². The highest BCUT2D eigenvalue weighted by Crippen LogP contribution is 2.29. The molecule has 0 bridgehead atoms. The highest BCUT2D eigenvalue weighted by molar-refractivity contribution is 5.86. The summed E-state index contributed by atoms with van der Waals surface area (Å²) in [5, 5.41) is 1.03. The Kier molecular flexibility index (Phi) is 2.83. The zero-order valence-corrected chi connectivity index (χ0v) is 9.90. The Bertz CT molecular complexity index is 502. The Balaban J connectivity index is 2.64. The van der Waals surface area contributed by atoms with Crippen LogP contribution in [0.3, 0.4) is 0 Å². The molecule has 0 atom stereocenters. The fraction of sp³-hybridized carbons (Fsp3) is 0.417. The molecular formula is C12H17N3O. The minimum atomic E-state index is 0.149. The van der Waals surface area contributed by atoms with Gasteiger partial charge >= 0.3 is 0 Å². The van der Waals surface area contributed by atoms with Crippen LogP contribution in [0.1, 0.15) is 19.4 Å². The molecule has 2 aromatic rings. The fourth-order valence-corrected chi connectivity index (χ4v) is 1.87. The van der Waals surface area contributed by atoms with Gasteiger partial charge in [0, 0.05) is 26.0 Å². The highest BCUT2D eigenvalue weighted by Gasteiger charge is 2.12. The van der Waals surface area contributed by atoms with Crippen LogP contribution in [0, 0.1) is 0 Å². The molecule has 0 unspecified atom stereocenters. The van der Waals surface area contributed by atoms with E-state index in [4.69, 9.17) is 10.5 Å². The zero-order chi connectivity index (χ0) is 11.7. The summed E-state index contributed by atoms with van der Waals surface area (Å²) in [4.78, 5) is 4.34. The maximum absolute atomic E-state index is 5.77. The monoisotopic (exact) mass is 219 g/mol. The van der Waals surface area contributed by atoms with Crippen LogP contribution in [0.15, 0.2) is 18.5 Å². The van der Waals surface area contributed by atoms with Crippen molar-refractivity contribution < 1.29 is 4.74 Å². The van der Waals surface area contributed by atoms with Crippen LogP contribution < -0.4 is 10.5 Å². The van der Waals surface area contributed by atoms with Gasteiger partial charge in [-0.2, -0.15) is 0 Å². The van der Waals surface area contributed by atoms with Gasteiger partial charge in [-0.3, -0.25) is 0 Å². The number of rotatable bonds is 3. The third-order valence-electron chi connectivity index (χ3n) is 2.48. The first kappa shape index (κ1) is 11.0. The molecule has 0 radical (unpaired) electrons. The summed E-state index contributed by atoms with van der Waals surface area (Å²) in [5.41, 5.74) is 7.72. The minimum absolute atomic E-state index is 0.149. The molecule has 0 aromatic carbocycles. The van der Waals surface area contributed by atoms with E-state index in [0.717, 1.165) is 22.3 Å². The number of ether oxygens (including phenoxy) is 1. The predicted octanol–water partition coefficient (Wildman–Crippen LogP) is 1.82. The molecule has 16 heavy (non-hydrogen) atoms. The number of aryl methyl sites for hydroxylation is 1. The molecule has 4 nitrogen and oxygen atoms in total. The predicted molar refractivity (Wildman–Crippen MR) is 64.4 cm³/mol. The van der Waals surface area contributed by atoms with Gasteiger partial charge in [0.15, 0.2) is 0 Å². The van der Waals surface area contributed by atoms with Crippen molar-refractivity contribution in [3.63, 3.8) is 0 Å². The van der Waals surface area contributed by atoms with Crippen molar-refractivity contribution in [2.24, 2.45) is 12.8 Å². The van der Waals surface area contributed by atoms with Gasteiger partial charge in [-0.05, 0) is 25.5 Å². The largest absolute Gasteiger partial charge is 0.490 e. The third-order valence-corrected chi connectivity index (χ3v) is 2.48. The van der Waals surface area contributed by atoms with Crippen LogP contribution in [-0.2, 0) is 13.6 Å². The van der Waals surface area contributed by atoms with Crippen molar-refractivity contribution in [1.82, 2.24) is 9.55 Å². The lowest BCUT2D eigenvalue weighted by molar-refractivity contribution is 0.245. The highest BCUT2D eigenvalue weighted by atomic mass is 16.5. The van der Waals surface area contributed by atoms with Crippen molar-refractivity contribution in [3.8, 4) is 5.75 Å². The number of nitrogens with zero attached hydrogens (tertiary/aromatic N) is 2. The van der Waals surface area contributed by atoms with Gasteiger partial charge in [0.25, 0.3) is 0 Å². The average Bonchev–Trinajstić information content (AvgIpc) is 2.56. The van der Waals surface area contributed by atoms with E-state index in [-0.39, 0.29) is 6.10 Å². The molecule has 0 spiro atoms. The average molecular weight is 219 g/mol. The molecular weight excluding hydrogens is 202 g/mol. The molecule has 0 aliphatic carbocycles. The summed E-state index contributed by atoms with van der Waals surface area (Å²) in [6.07, 6.45) is 3.92. The molecule has 0 saturated heterocycles. The van der Waals surface area contributed by atoms with Crippen molar-refractivity contribution in [2.45, 2.75) is 26.5 Å². The van der Waals surface area contributed by atoms with Crippen LogP contribution in [0.25, 0.3) is 11.0 Å². The van der Waals surface area contributed by atoms with E-state index in [1.807, 2.05) is 37.7 Å². The SMILES string of the molecule is CC(C)Oc1ccnc2c1c(CN)cn2C. The van der Waals surface area contributed by atoms with E-state index >= 15 is 0 Å². The van der Waals surface area contributed by atoms with Gasteiger partial charge < -0.3 is 15.0 Å². The molecule has 0 saturated carbocycles. The van der Waals surface area contributed by atoms with Gasteiger partial charge in [-0.15, -0.1) is 0 Å². The number of fused-ring (bicyclic) bond motifs is 1. The van der Waals surface area contributed by atoms with Crippen LogP contribution in [0.2, 0.25) is 0 Å². The Morgan fingerprint density at radius 3 is 2.88 bits per heavy atom. The Labute approximate surface area is 95.0 Å². The summed E-state index contributed by atoms with van der Waals surface area (Å²) >= 11 is 0. The summed E-state index contributed by atoms with van der Waals surface area (Å²) in [5.74, 6) is 0.862. The van der Waals surface area contributed by atoms with E-state index in [9.17, 15) is 0 Å². The second-order valence-corrected chi connectivity index (χ2v) is 4.14. The summed E-state index contributed by atoms with van der Waals surface area (Å²) in [7, 11) is 1.97. The number of hydrogen-bond donors (Lipinski definition) is 1. The number of nitrogens with two attached hydrogens (primary N) is 1. The van der Waals surface area contributed by atoms with Gasteiger partial charge in [-0.1, -0.05) is 0 Å². The Hall–Kier alpha value is -1.55. The van der Waals surface area contributed by atoms with Crippen molar-refractivity contribution in [1.29, 1.82) is 0 Å². The van der Waals surface area contributed by atoms with Gasteiger partial charge in [0.1, 0.15) is 11.4 Å². The minimum Gasteiger partial charge on any atom is -0.490 e. The first-order chi connectivity index (χ1) is 7.63. The molecule has 2 N–H and O–H groups in total. The maximum Gasteiger partial charge on any atom is 0.143 e. The van der Waals surface area contributed by atoms with Crippen LogP contribution in [-0.4, -0.2) is 15.7 Å². The van der Waals surface area contributed by atoms with Crippen LogP contribution >= 0.6 is 0 Å².